The fourth-order valence-corrected chi connectivity index (χ4v) is 2.60. The number of carbonyl (C=O) groups excluding carboxylic acids is 1. The molecule has 1 rings (SSSR count). The summed E-state index contributed by atoms with van der Waals surface area (Å²) >= 11 is 0. The minimum Gasteiger partial charge on any atom is -0.469 e. The van der Waals surface area contributed by atoms with E-state index in [2.05, 4.69) is 0 Å². The molecular weight excluding hydrogens is 228 g/mol. The minimum atomic E-state index is -1.23. The fraction of sp³-hybridized carbons (Fsp3) is 0.533. The molecule has 3 heteroatoms. The molecule has 0 heterocycles. The zero-order valence-electron chi connectivity index (χ0n) is 12.0. The zero-order chi connectivity index (χ0) is 14.1. The highest BCUT2D eigenvalue weighted by molar-refractivity contribution is 5.74. The van der Waals surface area contributed by atoms with Gasteiger partial charge in [0.25, 0.3) is 0 Å². The second kappa shape index (κ2) is 5.11. The monoisotopic (exact) mass is 250 g/mol. The van der Waals surface area contributed by atoms with E-state index in [0.717, 1.165) is 22.3 Å². The molecule has 1 aromatic rings. The molecule has 3 nitrogen and oxygen atoms in total. The van der Waals surface area contributed by atoms with Crippen LogP contribution in [0.2, 0.25) is 0 Å². The van der Waals surface area contributed by atoms with E-state index in [4.69, 9.17) is 4.74 Å². The maximum atomic E-state index is 11.6. The van der Waals surface area contributed by atoms with Crippen LogP contribution in [-0.4, -0.2) is 18.2 Å². The van der Waals surface area contributed by atoms with Gasteiger partial charge in [-0.05, 0) is 51.3 Å². The summed E-state index contributed by atoms with van der Waals surface area (Å²) in [5, 5.41) is 10.7. The predicted octanol–water partition coefficient (Wildman–Crippen LogP) is 2.63. The maximum absolute atomic E-state index is 11.6. The van der Waals surface area contributed by atoms with E-state index in [-0.39, 0.29) is 0 Å². The van der Waals surface area contributed by atoms with Crippen LogP contribution in [0.3, 0.4) is 0 Å². The Hall–Kier alpha value is -1.35. The summed E-state index contributed by atoms with van der Waals surface area (Å²) in [5.74, 6) is -1.01. The van der Waals surface area contributed by atoms with Gasteiger partial charge in [-0.25, -0.2) is 0 Å². The summed E-state index contributed by atoms with van der Waals surface area (Å²) in [6.07, 6.45) is 0. The van der Waals surface area contributed by atoms with Crippen molar-refractivity contribution in [2.45, 2.75) is 40.2 Å². The molecule has 0 bridgehead atoms. The maximum Gasteiger partial charge on any atom is 0.311 e. The average molecular weight is 250 g/mol. The first-order valence-electron chi connectivity index (χ1n) is 6.10. The number of aliphatic hydroxyl groups is 1. The van der Waals surface area contributed by atoms with Crippen molar-refractivity contribution < 1.29 is 14.6 Å². The number of hydrogen-bond donors (Lipinski definition) is 1. The van der Waals surface area contributed by atoms with Crippen LogP contribution in [0.5, 0.6) is 0 Å². The van der Waals surface area contributed by atoms with E-state index < -0.39 is 17.5 Å². The Labute approximate surface area is 109 Å². The number of methoxy groups -OCH3 is 1. The third kappa shape index (κ3) is 2.56. The van der Waals surface area contributed by atoms with E-state index in [1.165, 1.54) is 7.11 Å². The summed E-state index contributed by atoms with van der Waals surface area (Å²) in [7, 11) is 1.34. The highest BCUT2D eigenvalue weighted by atomic mass is 16.5. The van der Waals surface area contributed by atoms with Gasteiger partial charge in [0.15, 0.2) is 0 Å². The summed E-state index contributed by atoms with van der Waals surface area (Å²) < 4.78 is 4.72. The largest absolute Gasteiger partial charge is 0.469 e. The molecule has 0 amide bonds. The topological polar surface area (TPSA) is 46.5 Å². The highest BCUT2D eigenvalue weighted by Gasteiger charge is 2.38. The van der Waals surface area contributed by atoms with Gasteiger partial charge >= 0.3 is 5.97 Å². The van der Waals surface area contributed by atoms with Gasteiger partial charge in [0.2, 0.25) is 0 Å². The van der Waals surface area contributed by atoms with Crippen LogP contribution in [0.15, 0.2) is 12.1 Å². The van der Waals surface area contributed by atoms with Gasteiger partial charge in [0.05, 0.1) is 13.0 Å². The predicted molar refractivity (Wildman–Crippen MR) is 71.4 cm³/mol. The number of ether oxygens (including phenoxy) is 1. The van der Waals surface area contributed by atoms with Crippen molar-refractivity contribution in [3.8, 4) is 0 Å². The Kier molecular flexibility index (Phi) is 4.17. The second-order valence-electron chi connectivity index (χ2n) is 5.17. The van der Waals surface area contributed by atoms with E-state index in [0.29, 0.717) is 0 Å². The van der Waals surface area contributed by atoms with Crippen molar-refractivity contribution in [2.24, 2.45) is 5.92 Å². The number of rotatable bonds is 3. The molecule has 0 aromatic heterocycles. The standard InChI is InChI=1S/C15H22O3/c1-9-7-10(2)13(11(3)8-9)15(5,17)12(4)14(16)18-6/h7-8,12,17H,1-6H3. The molecule has 100 valence electrons. The van der Waals surface area contributed by atoms with Crippen LogP contribution >= 0.6 is 0 Å². The molecule has 1 N–H and O–H groups in total. The Bertz CT molecular complexity index is 438. The second-order valence-corrected chi connectivity index (χ2v) is 5.17. The quantitative estimate of drug-likeness (QED) is 0.839. The molecule has 0 aliphatic heterocycles. The van der Waals surface area contributed by atoms with Crippen molar-refractivity contribution >= 4 is 5.97 Å². The Morgan fingerprint density at radius 2 is 1.72 bits per heavy atom. The Balaban J connectivity index is 3.32. The molecule has 0 aliphatic rings. The van der Waals surface area contributed by atoms with E-state index in [1.807, 2.05) is 32.9 Å². The normalized spacial score (nSPS) is 15.9. The van der Waals surface area contributed by atoms with Crippen LogP contribution in [0, 0.1) is 26.7 Å². The van der Waals surface area contributed by atoms with Gasteiger partial charge in [-0.2, -0.15) is 0 Å². The van der Waals surface area contributed by atoms with Gasteiger partial charge in [0, 0.05) is 0 Å². The molecule has 1 aromatic carbocycles. The summed E-state index contributed by atoms with van der Waals surface area (Å²) in [6.45, 7) is 9.27. The van der Waals surface area contributed by atoms with Crippen LogP contribution in [0.4, 0.5) is 0 Å². The summed E-state index contributed by atoms with van der Waals surface area (Å²) in [5.41, 5.74) is 2.72. The lowest BCUT2D eigenvalue weighted by Crippen LogP contribution is -2.37. The van der Waals surface area contributed by atoms with Crippen LogP contribution in [0.25, 0.3) is 0 Å². The number of aryl methyl sites for hydroxylation is 3. The molecule has 0 saturated heterocycles. The first-order valence-corrected chi connectivity index (χ1v) is 6.10. The first-order chi connectivity index (χ1) is 8.21. The molecule has 2 atom stereocenters. The SMILES string of the molecule is COC(=O)C(C)C(C)(O)c1c(C)cc(C)cc1C. The van der Waals surface area contributed by atoms with Crippen LogP contribution in [0.1, 0.15) is 36.1 Å². The van der Waals surface area contributed by atoms with E-state index in [1.54, 1.807) is 13.8 Å². The third-order valence-corrected chi connectivity index (χ3v) is 3.58. The summed E-state index contributed by atoms with van der Waals surface area (Å²) in [4.78, 5) is 11.6. The number of esters is 1. The Morgan fingerprint density at radius 1 is 1.28 bits per heavy atom. The van der Waals surface area contributed by atoms with Crippen molar-refractivity contribution in [1.82, 2.24) is 0 Å². The smallest absolute Gasteiger partial charge is 0.311 e. The van der Waals surface area contributed by atoms with Gasteiger partial charge in [0.1, 0.15) is 5.60 Å². The van der Waals surface area contributed by atoms with Gasteiger partial charge in [-0.1, -0.05) is 17.7 Å². The van der Waals surface area contributed by atoms with Crippen molar-refractivity contribution in [3.63, 3.8) is 0 Å². The lowest BCUT2D eigenvalue weighted by molar-refractivity contribution is -0.154. The number of carbonyl (C=O) groups is 1. The van der Waals surface area contributed by atoms with Crippen LogP contribution < -0.4 is 0 Å². The molecule has 0 spiro atoms. The molecular formula is C15H22O3. The number of hydrogen-bond acceptors (Lipinski definition) is 3. The molecule has 0 fully saturated rings. The summed E-state index contributed by atoms with van der Waals surface area (Å²) in [6, 6.07) is 4.03. The highest BCUT2D eigenvalue weighted by Crippen LogP contribution is 2.35. The molecule has 0 aliphatic carbocycles. The van der Waals surface area contributed by atoms with E-state index >= 15 is 0 Å². The van der Waals surface area contributed by atoms with Crippen LogP contribution in [-0.2, 0) is 15.1 Å². The zero-order valence-corrected chi connectivity index (χ0v) is 12.0. The van der Waals surface area contributed by atoms with Crippen molar-refractivity contribution in [1.29, 1.82) is 0 Å². The van der Waals surface area contributed by atoms with Gasteiger partial charge in [-0.15, -0.1) is 0 Å². The van der Waals surface area contributed by atoms with Gasteiger partial charge < -0.3 is 9.84 Å². The fourth-order valence-electron chi connectivity index (χ4n) is 2.60. The van der Waals surface area contributed by atoms with Crippen molar-refractivity contribution in [2.75, 3.05) is 7.11 Å². The van der Waals surface area contributed by atoms with Crippen molar-refractivity contribution in [3.05, 3.63) is 34.4 Å². The molecule has 2 unspecified atom stereocenters. The minimum absolute atomic E-state index is 0.403. The van der Waals surface area contributed by atoms with E-state index in [9.17, 15) is 9.90 Å². The molecule has 0 saturated carbocycles. The Morgan fingerprint density at radius 3 is 2.11 bits per heavy atom. The third-order valence-electron chi connectivity index (χ3n) is 3.58. The average Bonchev–Trinajstić information content (AvgIpc) is 2.24. The lowest BCUT2D eigenvalue weighted by Gasteiger charge is -2.32. The molecule has 0 radical (unpaired) electrons. The number of benzene rings is 1. The van der Waals surface area contributed by atoms with Gasteiger partial charge in [-0.3, -0.25) is 4.79 Å². The first kappa shape index (κ1) is 14.7. The lowest BCUT2D eigenvalue weighted by atomic mass is 9.79. The molecule has 18 heavy (non-hydrogen) atoms.